The zero-order valence-corrected chi connectivity index (χ0v) is 12.7. The first-order valence-corrected chi connectivity index (χ1v) is 7.06. The summed E-state index contributed by atoms with van der Waals surface area (Å²) >= 11 is 0. The van der Waals surface area contributed by atoms with Crippen LogP contribution in [0, 0.1) is 28.1 Å². The second-order valence-electron chi connectivity index (χ2n) is 7.18. The molecule has 0 heterocycles. The fourth-order valence-electron chi connectivity index (χ4n) is 4.21. The van der Waals surface area contributed by atoms with Crippen molar-refractivity contribution in [1.29, 1.82) is 5.26 Å². The molecule has 0 saturated heterocycles. The van der Waals surface area contributed by atoms with Crippen LogP contribution in [0.4, 0.5) is 0 Å². The van der Waals surface area contributed by atoms with Gasteiger partial charge in [0.2, 0.25) is 0 Å². The van der Waals surface area contributed by atoms with E-state index in [2.05, 4.69) is 32.0 Å². The van der Waals surface area contributed by atoms with Crippen molar-refractivity contribution in [2.24, 2.45) is 16.7 Å². The molecular weight excluding hydrogens is 236 g/mol. The number of carbonyl (C=O) groups excluding carboxylic acids is 1. The van der Waals surface area contributed by atoms with Gasteiger partial charge in [0.15, 0.2) is 5.78 Å². The molecule has 1 saturated carbocycles. The third-order valence-electron chi connectivity index (χ3n) is 5.29. The molecule has 0 amide bonds. The summed E-state index contributed by atoms with van der Waals surface area (Å²) in [4.78, 5) is 14.7. The highest BCUT2D eigenvalue weighted by Gasteiger charge is 2.53. The molecule has 1 fully saturated rings. The number of Topliss-reactive ketones (excluding diaryl/α,β-unsaturated/α-hetero) is 1. The van der Waals surface area contributed by atoms with E-state index in [1.165, 1.54) is 0 Å². The van der Waals surface area contributed by atoms with E-state index in [0.29, 0.717) is 17.5 Å². The molecule has 0 spiro atoms. The Morgan fingerprint density at radius 3 is 2.47 bits per heavy atom. The van der Waals surface area contributed by atoms with Crippen LogP contribution in [0.1, 0.15) is 40.0 Å². The first-order chi connectivity index (χ1) is 8.72. The zero-order chi connectivity index (χ0) is 14.4. The smallest absolute Gasteiger partial charge is 0.178 e. The molecule has 3 atom stereocenters. The third kappa shape index (κ3) is 2.12. The maximum Gasteiger partial charge on any atom is 0.178 e. The van der Waals surface area contributed by atoms with Gasteiger partial charge in [0.1, 0.15) is 6.07 Å². The van der Waals surface area contributed by atoms with Crippen molar-refractivity contribution in [1.82, 2.24) is 4.90 Å². The lowest BCUT2D eigenvalue weighted by atomic mass is 9.52. The molecule has 0 radical (unpaired) electrons. The Balaban J connectivity index is 2.44. The molecule has 0 unspecified atom stereocenters. The highest BCUT2D eigenvalue weighted by Crippen LogP contribution is 2.55. The molecule has 0 aromatic heterocycles. The lowest BCUT2D eigenvalue weighted by Crippen LogP contribution is -2.52. The summed E-state index contributed by atoms with van der Waals surface area (Å²) in [7, 11) is 4.23. The molecule has 104 valence electrons. The SMILES string of the molecule is CN(C)[C@H]1CC[C@H]2C(C)(C)C(=O)C(C#N)=C[C@]2(C)C1. The standard InChI is InChI=1S/C16H24N2O/c1-15(2)13-7-6-12(18(4)5)9-16(13,3)8-11(10-17)14(15)19/h8,12-13H,6-7,9H2,1-5H3/t12-,13-,16+/m0/s1. The predicted octanol–water partition coefficient (Wildman–Crippen LogP) is 2.78. The van der Waals surface area contributed by atoms with Gasteiger partial charge in [-0.15, -0.1) is 0 Å². The number of rotatable bonds is 1. The summed E-state index contributed by atoms with van der Waals surface area (Å²) < 4.78 is 0. The maximum absolute atomic E-state index is 12.4. The highest BCUT2D eigenvalue weighted by atomic mass is 16.1. The molecular formula is C16H24N2O. The quantitative estimate of drug-likeness (QED) is 0.728. The van der Waals surface area contributed by atoms with E-state index in [1.54, 1.807) is 0 Å². The van der Waals surface area contributed by atoms with Crippen LogP contribution >= 0.6 is 0 Å². The van der Waals surface area contributed by atoms with Gasteiger partial charge in [-0.3, -0.25) is 4.79 Å². The molecule has 0 aromatic carbocycles. The summed E-state index contributed by atoms with van der Waals surface area (Å²) in [5, 5.41) is 9.22. The largest absolute Gasteiger partial charge is 0.306 e. The summed E-state index contributed by atoms with van der Waals surface area (Å²) in [5.74, 6) is 0.376. The average Bonchev–Trinajstić information content (AvgIpc) is 2.33. The first-order valence-electron chi connectivity index (χ1n) is 7.06. The van der Waals surface area contributed by atoms with Crippen LogP contribution in [-0.4, -0.2) is 30.8 Å². The van der Waals surface area contributed by atoms with Crippen LogP contribution in [0.15, 0.2) is 11.6 Å². The monoisotopic (exact) mass is 260 g/mol. The van der Waals surface area contributed by atoms with Crippen LogP contribution in [0.3, 0.4) is 0 Å². The number of hydrogen-bond donors (Lipinski definition) is 0. The highest BCUT2D eigenvalue weighted by molar-refractivity contribution is 6.04. The van der Waals surface area contributed by atoms with E-state index in [-0.39, 0.29) is 11.2 Å². The lowest BCUT2D eigenvalue weighted by Gasteiger charge is -2.53. The van der Waals surface area contributed by atoms with Crippen LogP contribution in [0.5, 0.6) is 0 Å². The molecule has 3 nitrogen and oxygen atoms in total. The number of nitriles is 1. The molecule has 2 rings (SSSR count). The third-order valence-corrected chi connectivity index (χ3v) is 5.29. The Morgan fingerprint density at radius 2 is 1.95 bits per heavy atom. The van der Waals surface area contributed by atoms with Crippen LogP contribution in [0.2, 0.25) is 0 Å². The summed E-state index contributed by atoms with van der Waals surface area (Å²) in [6, 6.07) is 2.65. The molecule has 2 aliphatic rings. The molecule has 2 aliphatic carbocycles. The molecule has 0 aromatic rings. The number of allylic oxidation sites excluding steroid dienone is 2. The lowest BCUT2D eigenvalue weighted by molar-refractivity contribution is -0.131. The normalized spacial score (nSPS) is 37.5. The van der Waals surface area contributed by atoms with E-state index < -0.39 is 5.41 Å². The average molecular weight is 260 g/mol. The summed E-state index contributed by atoms with van der Waals surface area (Å²) in [6.45, 7) is 6.25. The van der Waals surface area contributed by atoms with Crippen molar-refractivity contribution in [3.8, 4) is 6.07 Å². The molecule has 19 heavy (non-hydrogen) atoms. The minimum absolute atomic E-state index is 0.0285. The maximum atomic E-state index is 12.4. The molecule has 0 N–H and O–H groups in total. The summed E-state index contributed by atoms with van der Waals surface area (Å²) in [5.41, 5.74) is -0.0789. The minimum Gasteiger partial charge on any atom is -0.306 e. The van der Waals surface area contributed by atoms with Crippen LogP contribution in [0.25, 0.3) is 0 Å². The Hall–Kier alpha value is -1.14. The van der Waals surface area contributed by atoms with Crippen molar-refractivity contribution < 1.29 is 4.79 Å². The number of hydrogen-bond acceptors (Lipinski definition) is 3. The van der Waals surface area contributed by atoms with Gasteiger partial charge in [0.25, 0.3) is 0 Å². The van der Waals surface area contributed by atoms with Gasteiger partial charge in [-0.2, -0.15) is 5.26 Å². The van der Waals surface area contributed by atoms with E-state index in [0.717, 1.165) is 19.3 Å². The van der Waals surface area contributed by atoms with Gasteiger partial charge >= 0.3 is 0 Å². The Bertz CT molecular complexity index is 470. The van der Waals surface area contributed by atoms with Gasteiger partial charge in [-0.25, -0.2) is 0 Å². The van der Waals surface area contributed by atoms with Gasteiger partial charge in [-0.05, 0) is 44.7 Å². The fraction of sp³-hybridized carbons (Fsp3) is 0.750. The second kappa shape index (κ2) is 4.45. The zero-order valence-electron chi connectivity index (χ0n) is 12.7. The van der Waals surface area contributed by atoms with Crippen molar-refractivity contribution in [3.05, 3.63) is 11.6 Å². The van der Waals surface area contributed by atoms with Gasteiger partial charge in [0.05, 0.1) is 5.57 Å². The summed E-state index contributed by atoms with van der Waals surface area (Å²) in [6.07, 6.45) is 5.19. The number of carbonyl (C=O) groups is 1. The number of nitrogens with zero attached hydrogens (tertiary/aromatic N) is 2. The van der Waals surface area contributed by atoms with E-state index >= 15 is 0 Å². The first kappa shape index (κ1) is 14.3. The second-order valence-corrected chi connectivity index (χ2v) is 7.18. The number of ketones is 1. The van der Waals surface area contributed by atoms with Crippen molar-refractivity contribution in [2.75, 3.05) is 14.1 Å². The molecule has 0 aliphatic heterocycles. The van der Waals surface area contributed by atoms with E-state index in [1.807, 2.05) is 19.9 Å². The van der Waals surface area contributed by atoms with E-state index in [9.17, 15) is 10.1 Å². The minimum atomic E-state index is -0.411. The van der Waals surface area contributed by atoms with Gasteiger partial charge in [-0.1, -0.05) is 26.8 Å². The van der Waals surface area contributed by atoms with Crippen LogP contribution < -0.4 is 0 Å². The van der Waals surface area contributed by atoms with Crippen molar-refractivity contribution >= 4 is 5.78 Å². The van der Waals surface area contributed by atoms with Gasteiger partial charge < -0.3 is 4.90 Å². The Kier molecular flexibility index (Phi) is 3.35. The topological polar surface area (TPSA) is 44.1 Å². The fourth-order valence-corrected chi connectivity index (χ4v) is 4.21. The van der Waals surface area contributed by atoms with Gasteiger partial charge in [0, 0.05) is 11.5 Å². The Morgan fingerprint density at radius 1 is 1.32 bits per heavy atom. The Labute approximate surface area is 116 Å². The molecule has 0 bridgehead atoms. The van der Waals surface area contributed by atoms with E-state index in [4.69, 9.17) is 0 Å². The molecule has 3 heteroatoms. The van der Waals surface area contributed by atoms with Crippen LogP contribution in [-0.2, 0) is 4.79 Å². The number of fused-ring (bicyclic) bond motifs is 1. The van der Waals surface area contributed by atoms with Crippen molar-refractivity contribution in [3.63, 3.8) is 0 Å². The predicted molar refractivity (Wildman–Crippen MR) is 75.4 cm³/mol. The van der Waals surface area contributed by atoms with Crippen molar-refractivity contribution in [2.45, 2.75) is 46.1 Å².